The van der Waals surface area contributed by atoms with Gasteiger partial charge < -0.3 is 24.3 Å². The summed E-state index contributed by atoms with van der Waals surface area (Å²) in [5.41, 5.74) is 3.49. The SMILES string of the molecule is O=C(O)CCCn1cc(CC(=O)O)c2c(C=Cc3ccc(OC/C=C/COc4ccccc4)cc3)cccc21. The minimum atomic E-state index is -0.910. The van der Waals surface area contributed by atoms with Crippen LogP contribution >= 0.6 is 0 Å². The van der Waals surface area contributed by atoms with Crippen LogP contribution in [0.3, 0.4) is 0 Å². The van der Waals surface area contributed by atoms with Crippen LogP contribution in [0.1, 0.15) is 29.5 Å². The first-order valence-corrected chi connectivity index (χ1v) is 12.8. The quantitative estimate of drug-likeness (QED) is 0.148. The molecule has 0 atom stereocenters. The molecule has 4 rings (SSSR count). The zero-order valence-corrected chi connectivity index (χ0v) is 21.5. The van der Waals surface area contributed by atoms with E-state index in [0.29, 0.717) is 31.7 Å². The number of benzene rings is 3. The van der Waals surface area contributed by atoms with Crippen LogP contribution in [0.15, 0.2) is 91.1 Å². The lowest BCUT2D eigenvalue weighted by Crippen LogP contribution is -2.01. The number of aromatic nitrogens is 1. The molecule has 0 amide bonds. The second-order valence-corrected chi connectivity index (χ2v) is 8.97. The molecule has 0 fully saturated rings. The van der Waals surface area contributed by atoms with Crippen LogP contribution < -0.4 is 9.47 Å². The van der Waals surface area contributed by atoms with Crippen LogP contribution in [0.4, 0.5) is 0 Å². The van der Waals surface area contributed by atoms with Crippen molar-refractivity contribution in [1.29, 1.82) is 0 Å². The minimum absolute atomic E-state index is 0.0617. The Bertz CT molecular complexity index is 1450. The van der Waals surface area contributed by atoms with Gasteiger partial charge in [0.1, 0.15) is 24.7 Å². The number of hydrogen-bond donors (Lipinski definition) is 2. The van der Waals surface area contributed by atoms with Crippen LogP contribution in [0.2, 0.25) is 0 Å². The van der Waals surface area contributed by atoms with Crippen LogP contribution in [0.25, 0.3) is 23.1 Å². The molecule has 0 bridgehead atoms. The molecule has 1 heterocycles. The molecule has 39 heavy (non-hydrogen) atoms. The van der Waals surface area contributed by atoms with Crippen LogP contribution in [-0.2, 0) is 22.6 Å². The van der Waals surface area contributed by atoms with Gasteiger partial charge in [-0.1, -0.05) is 54.6 Å². The Morgan fingerprint density at radius 1 is 0.769 bits per heavy atom. The molecule has 0 aliphatic rings. The van der Waals surface area contributed by atoms with Gasteiger partial charge in [0, 0.05) is 30.1 Å². The Labute approximate surface area is 227 Å². The van der Waals surface area contributed by atoms with E-state index in [1.807, 2.05) is 108 Å². The zero-order chi connectivity index (χ0) is 27.5. The molecule has 0 unspecified atom stereocenters. The van der Waals surface area contributed by atoms with Crippen LogP contribution in [0.5, 0.6) is 11.5 Å². The van der Waals surface area contributed by atoms with Crippen molar-refractivity contribution < 1.29 is 29.3 Å². The first-order valence-electron chi connectivity index (χ1n) is 12.8. The third-order valence-corrected chi connectivity index (χ3v) is 6.09. The highest BCUT2D eigenvalue weighted by molar-refractivity contribution is 5.96. The van der Waals surface area contributed by atoms with Gasteiger partial charge in [-0.05, 0) is 65.6 Å². The minimum Gasteiger partial charge on any atom is -0.490 e. The molecule has 2 N–H and O–H groups in total. The lowest BCUT2D eigenvalue weighted by atomic mass is 10.0. The molecule has 0 aliphatic heterocycles. The van der Waals surface area contributed by atoms with Crippen molar-refractivity contribution in [3.8, 4) is 11.5 Å². The lowest BCUT2D eigenvalue weighted by Gasteiger charge is -2.06. The summed E-state index contributed by atoms with van der Waals surface area (Å²) in [6.45, 7) is 1.42. The van der Waals surface area contributed by atoms with Gasteiger partial charge >= 0.3 is 11.9 Å². The Kier molecular flexibility index (Phi) is 9.56. The highest BCUT2D eigenvalue weighted by Crippen LogP contribution is 2.28. The summed E-state index contributed by atoms with van der Waals surface area (Å²) in [6.07, 6.45) is 10.0. The van der Waals surface area contributed by atoms with E-state index in [9.17, 15) is 14.7 Å². The van der Waals surface area contributed by atoms with Crippen molar-refractivity contribution in [2.45, 2.75) is 25.8 Å². The zero-order valence-electron chi connectivity index (χ0n) is 21.5. The Hall–Kier alpha value is -4.78. The number of ether oxygens (including phenoxy) is 2. The van der Waals surface area contributed by atoms with Gasteiger partial charge in [-0.3, -0.25) is 9.59 Å². The number of carboxylic acids is 2. The van der Waals surface area contributed by atoms with Gasteiger partial charge in [0.2, 0.25) is 0 Å². The second-order valence-electron chi connectivity index (χ2n) is 8.97. The molecular formula is C32H31NO6. The first-order chi connectivity index (χ1) is 19.0. The fourth-order valence-corrected chi connectivity index (χ4v) is 4.29. The summed E-state index contributed by atoms with van der Waals surface area (Å²) in [4.78, 5) is 22.4. The summed E-state index contributed by atoms with van der Waals surface area (Å²) >= 11 is 0. The predicted molar refractivity (Wildman–Crippen MR) is 152 cm³/mol. The van der Waals surface area contributed by atoms with E-state index in [1.54, 1.807) is 0 Å². The Morgan fingerprint density at radius 2 is 1.46 bits per heavy atom. The Balaban J connectivity index is 1.39. The van der Waals surface area contributed by atoms with Gasteiger partial charge in [0.25, 0.3) is 0 Å². The normalized spacial score (nSPS) is 11.4. The molecular weight excluding hydrogens is 494 g/mol. The van der Waals surface area contributed by atoms with Crippen LogP contribution in [0, 0.1) is 0 Å². The van der Waals surface area contributed by atoms with Crippen molar-refractivity contribution in [2.24, 2.45) is 0 Å². The standard InChI is InChI=1S/C32H31NO6/c34-30(35)12-7-19-33-23-26(22-31(36)37)32-25(8-6-11-29(32)33)16-13-24-14-17-28(18-15-24)39-21-5-4-20-38-27-9-2-1-3-10-27/h1-6,8-11,13-18,23H,7,12,19-22H2,(H,34,35)(H,36,37)/b5-4+,16-13?. The third kappa shape index (κ3) is 8.10. The van der Waals surface area contributed by atoms with E-state index >= 15 is 0 Å². The predicted octanol–water partition coefficient (Wildman–Crippen LogP) is 6.32. The van der Waals surface area contributed by atoms with Crippen molar-refractivity contribution in [1.82, 2.24) is 4.57 Å². The molecule has 0 radical (unpaired) electrons. The van der Waals surface area contributed by atoms with Gasteiger partial charge in [-0.15, -0.1) is 0 Å². The molecule has 7 heteroatoms. The molecule has 3 aromatic carbocycles. The number of fused-ring (bicyclic) bond motifs is 1. The summed E-state index contributed by atoms with van der Waals surface area (Å²) in [6, 6.07) is 23.2. The summed E-state index contributed by atoms with van der Waals surface area (Å²) < 4.78 is 13.3. The summed E-state index contributed by atoms with van der Waals surface area (Å²) in [5.74, 6) is -0.172. The molecule has 200 valence electrons. The van der Waals surface area contributed by atoms with E-state index in [-0.39, 0.29) is 12.8 Å². The van der Waals surface area contributed by atoms with E-state index in [0.717, 1.165) is 33.5 Å². The number of rotatable bonds is 14. The van der Waals surface area contributed by atoms with E-state index in [1.165, 1.54) is 0 Å². The molecule has 0 saturated heterocycles. The number of para-hydroxylation sites is 1. The fourth-order valence-electron chi connectivity index (χ4n) is 4.29. The average molecular weight is 526 g/mol. The van der Waals surface area contributed by atoms with Crippen molar-refractivity contribution in [3.63, 3.8) is 0 Å². The second kappa shape index (κ2) is 13.7. The summed E-state index contributed by atoms with van der Waals surface area (Å²) in [5, 5.41) is 19.3. The van der Waals surface area contributed by atoms with Gasteiger partial charge in [0.05, 0.1) is 6.42 Å². The largest absolute Gasteiger partial charge is 0.490 e. The maximum atomic E-state index is 11.5. The molecule has 0 saturated carbocycles. The first kappa shape index (κ1) is 27.3. The van der Waals surface area contributed by atoms with Crippen LogP contribution in [-0.4, -0.2) is 39.9 Å². The monoisotopic (exact) mass is 525 g/mol. The van der Waals surface area contributed by atoms with Gasteiger partial charge in [0.15, 0.2) is 0 Å². The van der Waals surface area contributed by atoms with E-state index in [2.05, 4.69) is 0 Å². The maximum absolute atomic E-state index is 11.5. The number of aryl methyl sites for hydroxylation is 1. The Morgan fingerprint density at radius 3 is 2.13 bits per heavy atom. The van der Waals surface area contributed by atoms with Crippen molar-refractivity contribution >= 4 is 35.0 Å². The van der Waals surface area contributed by atoms with Crippen molar-refractivity contribution in [2.75, 3.05) is 13.2 Å². The number of carbonyl (C=O) groups is 2. The van der Waals surface area contributed by atoms with E-state index in [4.69, 9.17) is 14.6 Å². The molecule has 0 spiro atoms. The fraction of sp³-hybridized carbons (Fsp3) is 0.188. The topological polar surface area (TPSA) is 98.0 Å². The number of aliphatic carboxylic acids is 2. The third-order valence-electron chi connectivity index (χ3n) is 6.09. The highest BCUT2D eigenvalue weighted by atomic mass is 16.5. The molecule has 1 aromatic heterocycles. The lowest BCUT2D eigenvalue weighted by molar-refractivity contribution is -0.137. The van der Waals surface area contributed by atoms with E-state index < -0.39 is 11.9 Å². The number of carboxylic acid groups (broad SMARTS) is 2. The smallest absolute Gasteiger partial charge is 0.307 e. The van der Waals surface area contributed by atoms with Gasteiger partial charge in [-0.25, -0.2) is 0 Å². The molecule has 7 nitrogen and oxygen atoms in total. The summed E-state index contributed by atoms with van der Waals surface area (Å²) in [7, 11) is 0. The highest BCUT2D eigenvalue weighted by Gasteiger charge is 2.14. The number of hydrogen-bond acceptors (Lipinski definition) is 4. The number of nitrogens with zero attached hydrogens (tertiary/aromatic N) is 1. The maximum Gasteiger partial charge on any atom is 0.307 e. The molecule has 4 aromatic rings. The van der Waals surface area contributed by atoms with Gasteiger partial charge in [-0.2, -0.15) is 0 Å². The van der Waals surface area contributed by atoms with Crippen molar-refractivity contribution in [3.05, 3.63) is 108 Å². The molecule has 0 aliphatic carbocycles. The average Bonchev–Trinajstić information content (AvgIpc) is 3.27.